The number of hydrogen-bond donors (Lipinski definition) is 2. The number of amides is 1. The first-order chi connectivity index (χ1) is 13.6. The van der Waals surface area contributed by atoms with Crippen LogP contribution in [0.15, 0.2) is 24.3 Å². The van der Waals surface area contributed by atoms with Crippen LogP contribution in [0, 0.1) is 0 Å². The Kier molecular flexibility index (Phi) is 7.28. The summed E-state index contributed by atoms with van der Waals surface area (Å²) in [7, 11) is 0. The van der Waals surface area contributed by atoms with Crippen molar-refractivity contribution < 1.29 is 14.7 Å². The number of carboxylic acids is 1. The molecule has 0 unspecified atom stereocenters. The third-order valence-electron chi connectivity index (χ3n) is 5.87. The summed E-state index contributed by atoms with van der Waals surface area (Å²) in [6, 6.07) is 8.77. The second-order valence-corrected chi connectivity index (χ2v) is 7.68. The molecule has 0 bridgehead atoms. The second kappa shape index (κ2) is 9.89. The van der Waals surface area contributed by atoms with Gasteiger partial charge in [-0.15, -0.1) is 0 Å². The standard InChI is InChI=1S/C21H32N4O3/c1-2-24(16-21(27)28)18-8-11-23(12-9-18)15-20(26)22-10-14-25-13-7-17-5-3-4-6-19(17)25/h3-6,18H,2,7-16H2,1H3,(H,22,26)(H,27,28). The van der Waals surface area contributed by atoms with Gasteiger partial charge in [0.15, 0.2) is 0 Å². The van der Waals surface area contributed by atoms with Crippen LogP contribution in [0.3, 0.4) is 0 Å². The summed E-state index contributed by atoms with van der Waals surface area (Å²) in [5.74, 6) is -0.701. The molecule has 1 fully saturated rings. The Morgan fingerprint density at radius 3 is 2.68 bits per heavy atom. The van der Waals surface area contributed by atoms with Crippen molar-refractivity contribution in [3.63, 3.8) is 0 Å². The van der Waals surface area contributed by atoms with Gasteiger partial charge in [0.1, 0.15) is 0 Å². The highest BCUT2D eigenvalue weighted by Gasteiger charge is 2.26. The molecule has 0 spiro atoms. The van der Waals surface area contributed by atoms with Crippen LogP contribution in [0.2, 0.25) is 0 Å². The lowest BCUT2D eigenvalue weighted by atomic mass is 10.0. The number of carbonyl (C=O) groups is 2. The van der Waals surface area contributed by atoms with Crippen LogP contribution in [0.4, 0.5) is 5.69 Å². The van der Waals surface area contributed by atoms with Crippen LogP contribution in [-0.2, 0) is 16.0 Å². The van der Waals surface area contributed by atoms with Gasteiger partial charge in [-0.2, -0.15) is 0 Å². The lowest BCUT2D eigenvalue weighted by Gasteiger charge is -2.37. The Labute approximate surface area is 167 Å². The minimum Gasteiger partial charge on any atom is -0.480 e. The molecule has 1 aromatic rings. The predicted molar refractivity (Wildman–Crippen MR) is 110 cm³/mol. The maximum Gasteiger partial charge on any atom is 0.317 e. The van der Waals surface area contributed by atoms with Gasteiger partial charge in [0.25, 0.3) is 0 Å². The second-order valence-electron chi connectivity index (χ2n) is 7.68. The Balaban J connectivity index is 1.34. The molecule has 1 aromatic carbocycles. The number of rotatable bonds is 9. The summed E-state index contributed by atoms with van der Waals surface area (Å²) < 4.78 is 0. The summed E-state index contributed by atoms with van der Waals surface area (Å²) in [6.45, 7) is 7.47. The van der Waals surface area contributed by atoms with Crippen molar-refractivity contribution in [3.05, 3.63) is 29.8 Å². The summed E-state index contributed by atoms with van der Waals surface area (Å²) >= 11 is 0. The van der Waals surface area contributed by atoms with Crippen molar-refractivity contribution in [2.75, 3.05) is 57.3 Å². The van der Waals surface area contributed by atoms with Gasteiger partial charge in [-0.1, -0.05) is 25.1 Å². The fourth-order valence-corrected chi connectivity index (χ4v) is 4.34. The highest BCUT2D eigenvalue weighted by Crippen LogP contribution is 2.26. The third kappa shape index (κ3) is 5.45. The molecule has 2 aliphatic rings. The van der Waals surface area contributed by atoms with Crippen LogP contribution >= 0.6 is 0 Å². The minimum atomic E-state index is -0.774. The Hall–Kier alpha value is -2.12. The number of hydrogen-bond acceptors (Lipinski definition) is 5. The van der Waals surface area contributed by atoms with E-state index in [1.54, 1.807) is 0 Å². The van der Waals surface area contributed by atoms with Crippen molar-refractivity contribution >= 4 is 17.6 Å². The molecule has 7 nitrogen and oxygen atoms in total. The fraction of sp³-hybridized carbons (Fsp3) is 0.619. The highest BCUT2D eigenvalue weighted by atomic mass is 16.4. The van der Waals surface area contributed by atoms with Crippen molar-refractivity contribution in [2.24, 2.45) is 0 Å². The number of para-hydroxylation sites is 1. The molecule has 7 heteroatoms. The molecule has 0 saturated carbocycles. The lowest BCUT2D eigenvalue weighted by molar-refractivity contribution is -0.139. The van der Waals surface area contributed by atoms with E-state index < -0.39 is 5.97 Å². The summed E-state index contributed by atoms with van der Waals surface area (Å²) in [6.07, 6.45) is 2.91. The Morgan fingerprint density at radius 1 is 1.21 bits per heavy atom. The smallest absolute Gasteiger partial charge is 0.317 e. The Morgan fingerprint density at radius 2 is 1.96 bits per heavy atom. The van der Waals surface area contributed by atoms with Gasteiger partial charge in [0.05, 0.1) is 13.1 Å². The van der Waals surface area contributed by atoms with Gasteiger partial charge in [0, 0.05) is 44.5 Å². The van der Waals surface area contributed by atoms with Crippen LogP contribution in [0.1, 0.15) is 25.3 Å². The van der Waals surface area contributed by atoms with Crippen molar-refractivity contribution in [1.82, 2.24) is 15.1 Å². The summed E-state index contributed by atoms with van der Waals surface area (Å²) in [4.78, 5) is 29.8. The van der Waals surface area contributed by atoms with E-state index in [0.717, 1.165) is 52.0 Å². The number of aliphatic carboxylic acids is 1. The number of piperidine rings is 1. The van der Waals surface area contributed by atoms with Crippen LogP contribution < -0.4 is 10.2 Å². The molecular weight excluding hydrogens is 356 g/mol. The monoisotopic (exact) mass is 388 g/mol. The molecular formula is C21H32N4O3. The van der Waals surface area contributed by atoms with Gasteiger partial charge in [-0.25, -0.2) is 0 Å². The van der Waals surface area contributed by atoms with E-state index in [2.05, 4.69) is 39.4 Å². The molecule has 0 aliphatic carbocycles. The first-order valence-electron chi connectivity index (χ1n) is 10.3. The quantitative estimate of drug-likeness (QED) is 0.658. The zero-order valence-corrected chi connectivity index (χ0v) is 16.8. The topological polar surface area (TPSA) is 76.1 Å². The van der Waals surface area contributed by atoms with Gasteiger partial charge >= 0.3 is 5.97 Å². The van der Waals surface area contributed by atoms with Crippen molar-refractivity contribution in [3.8, 4) is 0 Å². The van der Waals surface area contributed by atoms with E-state index in [1.165, 1.54) is 11.3 Å². The SMILES string of the molecule is CCN(CC(=O)O)C1CCN(CC(=O)NCCN2CCc3ccccc32)CC1. The van der Waals surface area contributed by atoms with Gasteiger partial charge in [-0.3, -0.25) is 19.4 Å². The normalized spacial score (nSPS) is 17.7. The fourth-order valence-electron chi connectivity index (χ4n) is 4.34. The molecule has 0 atom stereocenters. The molecule has 0 aromatic heterocycles. The van der Waals surface area contributed by atoms with Crippen molar-refractivity contribution in [2.45, 2.75) is 32.2 Å². The first kappa shape index (κ1) is 20.6. The zero-order valence-electron chi connectivity index (χ0n) is 16.8. The molecule has 154 valence electrons. The third-order valence-corrected chi connectivity index (χ3v) is 5.87. The minimum absolute atomic E-state index is 0.0730. The number of anilines is 1. The van der Waals surface area contributed by atoms with Crippen LogP contribution in [-0.4, -0.2) is 85.2 Å². The number of nitrogens with zero attached hydrogens (tertiary/aromatic N) is 3. The molecule has 1 saturated heterocycles. The summed E-state index contributed by atoms with van der Waals surface area (Å²) in [5.41, 5.74) is 2.68. The maximum absolute atomic E-state index is 12.3. The van der Waals surface area contributed by atoms with Gasteiger partial charge in [-0.05, 0) is 37.4 Å². The average Bonchev–Trinajstić information content (AvgIpc) is 3.10. The van der Waals surface area contributed by atoms with Crippen LogP contribution in [0.5, 0.6) is 0 Å². The van der Waals surface area contributed by atoms with E-state index in [4.69, 9.17) is 5.11 Å². The molecule has 2 aliphatic heterocycles. The zero-order chi connectivity index (χ0) is 19.9. The number of carboxylic acid groups (broad SMARTS) is 1. The highest BCUT2D eigenvalue weighted by molar-refractivity contribution is 5.78. The van der Waals surface area contributed by atoms with Crippen LogP contribution in [0.25, 0.3) is 0 Å². The maximum atomic E-state index is 12.3. The van der Waals surface area contributed by atoms with E-state index in [-0.39, 0.29) is 12.5 Å². The van der Waals surface area contributed by atoms with Gasteiger partial charge < -0.3 is 15.3 Å². The molecule has 28 heavy (non-hydrogen) atoms. The number of likely N-dealkylation sites (tertiary alicyclic amines) is 1. The number of benzene rings is 1. The van der Waals surface area contributed by atoms with Crippen molar-refractivity contribution in [1.29, 1.82) is 0 Å². The molecule has 0 radical (unpaired) electrons. The lowest BCUT2D eigenvalue weighted by Crippen LogP contribution is -2.49. The Bertz CT molecular complexity index is 673. The molecule has 2 N–H and O–H groups in total. The molecule has 3 rings (SSSR count). The number of carbonyl (C=O) groups excluding carboxylic acids is 1. The van der Waals surface area contributed by atoms with E-state index in [1.807, 2.05) is 11.8 Å². The predicted octanol–water partition coefficient (Wildman–Crippen LogP) is 1.04. The number of nitrogens with one attached hydrogen (secondary N) is 1. The summed E-state index contributed by atoms with van der Waals surface area (Å²) in [5, 5.41) is 12.1. The van der Waals surface area contributed by atoms with E-state index in [9.17, 15) is 9.59 Å². The largest absolute Gasteiger partial charge is 0.480 e. The average molecular weight is 389 g/mol. The van der Waals surface area contributed by atoms with E-state index >= 15 is 0 Å². The molecule has 2 heterocycles. The first-order valence-corrected chi connectivity index (χ1v) is 10.3. The number of likely N-dealkylation sites (N-methyl/N-ethyl adjacent to an activating group) is 1. The van der Waals surface area contributed by atoms with Gasteiger partial charge in [0.2, 0.25) is 5.91 Å². The molecule has 1 amide bonds. The van der Waals surface area contributed by atoms with E-state index in [0.29, 0.717) is 19.1 Å². The number of fused-ring (bicyclic) bond motifs is 1.